The van der Waals surface area contributed by atoms with Crippen LogP contribution in [-0.2, 0) is 0 Å². The van der Waals surface area contributed by atoms with E-state index in [1.807, 2.05) is 30.3 Å². The topological polar surface area (TPSA) is 69.2 Å². The molecule has 0 radical (unpaired) electrons. The van der Waals surface area contributed by atoms with E-state index in [2.05, 4.69) is 16.8 Å². The van der Waals surface area contributed by atoms with Gasteiger partial charge in [0.2, 0.25) is 0 Å². The van der Waals surface area contributed by atoms with Crippen molar-refractivity contribution >= 4 is 16.8 Å². The van der Waals surface area contributed by atoms with E-state index in [4.69, 9.17) is 4.42 Å². The maximum atomic E-state index is 10.7. The quantitative estimate of drug-likeness (QED) is 0.384. The molecule has 3 aromatic rings. The van der Waals surface area contributed by atoms with Crippen LogP contribution in [0.15, 0.2) is 52.9 Å². The average Bonchev–Trinajstić information content (AvgIpc) is 2.88. The van der Waals surface area contributed by atoms with Crippen LogP contribution in [0.25, 0.3) is 11.1 Å². The molecule has 0 aliphatic heterocycles. The van der Waals surface area contributed by atoms with E-state index in [0.29, 0.717) is 11.1 Å². The fraction of sp³-hybridized carbons (Fsp3) is 0. The molecule has 0 aliphatic carbocycles. The molecule has 96 valence electrons. The predicted molar refractivity (Wildman–Crippen MR) is 73.1 cm³/mol. The molecule has 20 heavy (non-hydrogen) atoms. The van der Waals surface area contributed by atoms with Gasteiger partial charge >= 0.3 is 0 Å². The molecular formula is C15H8N2O3. The Morgan fingerprint density at radius 3 is 2.65 bits per heavy atom. The molecule has 0 saturated carbocycles. The van der Waals surface area contributed by atoms with Crippen LogP contribution in [0.5, 0.6) is 0 Å². The van der Waals surface area contributed by atoms with Gasteiger partial charge in [-0.15, -0.1) is 0 Å². The van der Waals surface area contributed by atoms with Crippen molar-refractivity contribution < 1.29 is 9.34 Å². The lowest BCUT2D eigenvalue weighted by Gasteiger charge is -1.88. The molecule has 0 amide bonds. The summed E-state index contributed by atoms with van der Waals surface area (Å²) in [4.78, 5) is 14.3. The van der Waals surface area contributed by atoms with Crippen LogP contribution < -0.4 is 0 Å². The van der Waals surface area contributed by atoms with Crippen molar-refractivity contribution in [3.8, 4) is 11.8 Å². The summed E-state index contributed by atoms with van der Waals surface area (Å²) in [6.45, 7) is 0. The second kappa shape index (κ2) is 4.86. The molecule has 0 fully saturated rings. The van der Waals surface area contributed by atoms with E-state index in [9.17, 15) is 10.1 Å². The van der Waals surface area contributed by atoms with Gasteiger partial charge in [0.25, 0.3) is 11.6 Å². The summed E-state index contributed by atoms with van der Waals surface area (Å²) >= 11 is 0. The number of nitrogens with zero attached hydrogens (tertiary/aromatic N) is 2. The van der Waals surface area contributed by atoms with Crippen molar-refractivity contribution in [1.29, 1.82) is 0 Å². The van der Waals surface area contributed by atoms with Crippen molar-refractivity contribution in [2.24, 2.45) is 0 Å². The minimum atomic E-state index is -0.469. The van der Waals surface area contributed by atoms with E-state index in [1.165, 1.54) is 18.2 Å². The van der Waals surface area contributed by atoms with E-state index in [-0.39, 0.29) is 11.6 Å². The predicted octanol–water partition coefficient (Wildman–Crippen LogP) is 3.14. The number of benzene rings is 2. The summed E-state index contributed by atoms with van der Waals surface area (Å²) in [5, 5.41) is 10.7. The SMILES string of the molecule is O=[N+]([O-])c1ccc2oc(C#Cc3ccccc3)nc2c1. The van der Waals surface area contributed by atoms with Crippen LogP contribution in [0.2, 0.25) is 0 Å². The standard InChI is InChI=1S/C15H8N2O3/c18-17(19)12-7-8-14-13(10-12)16-15(20-14)9-6-11-4-2-1-3-5-11/h1-5,7-8,10H. The van der Waals surface area contributed by atoms with Gasteiger partial charge in [-0.1, -0.05) is 24.1 Å². The van der Waals surface area contributed by atoms with Gasteiger partial charge in [0.1, 0.15) is 5.52 Å². The number of non-ortho nitro benzene ring substituents is 1. The number of hydrogen-bond donors (Lipinski definition) is 0. The maximum Gasteiger partial charge on any atom is 0.274 e. The van der Waals surface area contributed by atoms with Crippen molar-refractivity contribution in [2.45, 2.75) is 0 Å². The third kappa shape index (κ3) is 2.35. The van der Waals surface area contributed by atoms with Gasteiger partial charge in [-0.25, -0.2) is 4.98 Å². The molecule has 0 aliphatic rings. The van der Waals surface area contributed by atoms with Gasteiger partial charge in [-0.2, -0.15) is 0 Å². The van der Waals surface area contributed by atoms with Crippen LogP contribution in [0.3, 0.4) is 0 Å². The third-order valence-electron chi connectivity index (χ3n) is 2.67. The zero-order valence-electron chi connectivity index (χ0n) is 10.2. The van der Waals surface area contributed by atoms with E-state index in [1.54, 1.807) is 0 Å². The van der Waals surface area contributed by atoms with Crippen LogP contribution in [-0.4, -0.2) is 9.91 Å². The van der Waals surface area contributed by atoms with Crippen molar-refractivity contribution in [2.75, 3.05) is 0 Å². The Kier molecular flexibility index (Phi) is 2.90. The van der Waals surface area contributed by atoms with Gasteiger partial charge in [0.15, 0.2) is 5.58 Å². The van der Waals surface area contributed by atoms with Gasteiger partial charge < -0.3 is 4.42 Å². The lowest BCUT2D eigenvalue weighted by atomic mass is 10.2. The van der Waals surface area contributed by atoms with Gasteiger partial charge in [0, 0.05) is 17.7 Å². The average molecular weight is 264 g/mol. The summed E-state index contributed by atoms with van der Waals surface area (Å²) in [6.07, 6.45) is 0. The molecule has 0 atom stereocenters. The van der Waals surface area contributed by atoms with E-state index < -0.39 is 4.92 Å². The van der Waals surface area contributed by atoms with Crippen LogP contribution >= 0.6 is 0 Å². The summed E-state index contributed by atoms with van der Waals surface area (Å²) in [6, 6.07) is 13.7. The molecule has 1 aromatic heterocycles. The van der Waals surface area contributed by atoms with Crippen LogP contribution in [0, 0.1) is 22.0 Å². The molecule has 0 unspecified atom stereocenters. The lowest BCUT2D eigenvalue weighted by molar-refractivity contribution is -0.384. The number of oxazole rings is 1. The highest BCUT2D eigenvalue weighted by Crippen LogP contribution is 2.20. The van der Waals surface area contributed by atoms with Crippen LogP contribution in [0.1, 0.15) is 11.5 Å². The first-order valence-corrected chi connectivity index (χ1v) is 5.84. The van der Waals surface area contributed by atoms with Crippen molar-refractivity contribution in [1.82, 2.24) is 4.98 Å². The normalized spacial score (nSPS) is 10.0. The molecule has 0 spiro atoms. The molecule has 2 aromatic carbocycles. The van der Waals surface area contributed by atoms with E-state index >= 15 is 0 Å². The molecule has 0 saturated heterocycles. The second-order valence-electron chi connectivity index (χ2n) is 4.04. The summed E-state index contributed by atoms with van der Waals surface area (Å²) in [5.41, 5.74) is 1.73. The Morgan fingerprint density at radius 1 is 1.10 bits per heavy atom. The highest BCUT2D eigenvalue weighted by molar-refractivity contribution is 5.76. The fourth-order valence-corrected chi connectivity index (χ4v) is 1.73. The number of fused-ring (bicyclic) bond motifs is 1. The highest BCUT2D eigenvalue weighted by Gasteiger charge is 2.10. The first kappa shape index (κ1) is 11.9. The van der Waals surface area contributed by atoms with E-state index in [0.717, 1.165) is 5.56 Å². The molecular weight excluding hydrogens is 256 g/mol. The lowest BCUT2D eigenvalue weighted by Crippen LogP contribution is -1.86. The van der Waals surface area contributed by atoms with Crippen LogP contribution in [0.4, 0.5) is 5.69 Å². The molecule has 3 rings (SSSR count). The molecule has 0 bridgehead atoms. The Morgan fingerprint density at radius 2 is 1.90 bits per heavy atom. The smallest absolute Gasteiger partial charge is 0.274 e. The molecule has 0 N–H and O–H groups in total. The molecule has 5 heteroatoms. The Bertz CT molecular complexity index is 842. The fourth-order valence-electron chi connectivity index (χ4n) is 1.73. The molecule has 1 heterocycles. The monoisotopic (exact) mass is 264 g/mol. The second-order valence-corrected chi connectivity index (χ2v) is 4.04. The number of hydrogen-bond acceptors (Lipinski definition) is 4. The highest BCUT2D eigenvalue weighted by atomic mass is 16.6. The summed E-state index contributed by atoms with van der Waals surface area (Å²) < 4.78 is 5.42. The zero-order chi connectivity index (χ0) is 13.9. The van der Waals surface area contributed by atoms with Crippen molar-refractivity contribution in [3.63, 3.8) is 0 Å². The first-order valence-electron chi connectivity index (χ1n) is 5.84. The number of rotatable bonds is 1. The van der Waals surface area contributed by atoms with Gasteiger partial charge in [-0.3, -0.25) is 10.1 Å². The molecule has 5 nitrogen and oxygen atoms in total. The Hall–Kier alpha value is -3.13. The summed E-state index contributed by atoms with van der Waals surface area (Å²) in [5.74, 6) is 5.96. The number of nitro benzene ring substituents is 1. The largest absolute Gasteiger partial charge is 0.430 e. The Labute approximate surface area is 114 Å². The maximum absolute atomic E-state index is 10.7. The summed E-state index contributed by atoms with van der Waals surface area (Å²) in [7, 11) is 0. The number of aromatic nitrogens is 1. The zero-order valence-corrected chi connectivity index (χ0v) is 10.2. The minimum absolute atomic E-state index is 0.0200. The Balaban J connectivity index is 1.98. The van der Waals surface area contributed by atoms with Gasteiger partial charge in [0.05, 0.1) is 4.92 Å². The third-order valence-corrected chi connectivity index (χ3v) is 2.67. The van der Waals surface area contributed by atoms with Gasteiger partial charge in [-0.05, 0) is 24.1 Å². The first-order chi connectivity index (χ1) is 9.72. The van der Waals surface area contributed by atoms with Crippen molar-refractivity contribution in [3.05, 3.63) is 70.1 Å². The number of nitro groups is 1. The minimum Gasteiger partial charge on any atom is -0.430 e.